The molecule has 0 saturated carbocycles. The molecule has 0 aliphatic carbocycles. The number of carbonyl (C=O) groups is 1. The van der Waals surface area contributed by atoms with Gasteiger partial charge in [-0.15, -0.1) is 23.7 Å². The molecule has 2 aliphatic heterocycles. The summed E-state index contributed by atoms with van der Waals surface area (Å²) in [4.78, 5) is 15.4. The molecule has 1 fully saturated rings. The van der Waals surface area contributed by atoms with Crippen LogP contribution < -0.4 is 5.32 Å². The Balaban J connectivity index is 0.000000963. The number of hydrogen-bond acceptors (Lipinski definition) is 3. The van der Waals surface area contributed by atoms with E-state index in [9.17, 15) is 4.79 Å². The summed E-state index contributed by atoms with van der Waals surface area (Å²) < 4.78 is 0. The average Bonchev–Trinajstić information content (AvgIpc) is 2.61. The van der Waals surface area contributed by atoms with Gasteiger partial charge in [-0.25, -0.2) is 0 Å². The van der Waals surface area contributed by atoms with Gasteiger partial charge in [-0.2, -0.15) is 0 Å². The van der Waals surface area contributed by atoms with E-state index in [2.05, 4.69) is 16.8 Å². The summed E-state index contributed by atoms with van der Waals surface area (Å²) in [5.41, 5.74) is 1.35. The van der Waals surface area contributed by atoms with Gasteiger partial charge in [0.25, 0.3) is 0 Å². The van der Waals surface area contributed by atoms with Gasteiger partial charge in [0.05, 0.1) is 6.04 Å². The van der Waals surface area contributed by atoms with Crippen molar-refractivity contribution >= 4 is 29.7 Å². The number of rotatable bonds is 1. The number of nitrogens with one attached hydrogen (secondary N) is 1. The second-order valence-electron chi connectivity index (χ2n) is 4.17. The normalized spacial score (nSPS) is 23.0. The molecule has 1 atom stereocenters. The zero-order chi connectivity index (χ0) is 10.3. The minimum atomic E-state index is 0. The van der Waals surface area contributed by atoms with Crippen molar-refractivity contribution in [1.82, 2.24) is 10.2 Å². The first-order valence-corrected chi connectivity index (χ1v) is 6.30. The molecule has 0 bridgehead atoms. The Morgan fingerprint density at radius 3 is 3.06 bits per heavy atom. The van der Waals surface area contributed by atoms with Gasteiger partial charge in [-0.05, 0) is 36.4 Å². The van der Waals surface area contributed by atoms with Crippen LogP contribution >= 0.6 is 23.7 Å². The van der Waals surface area contributed by atoms with Crippen LogP contribution in [0.2, 0.25) is 0 Å². The molecule has 3 rings (SSSR count). The highest BCUT2D eigenvalue weighted by molar-refractivity contribution is 7.10. The standard InChI is InChI=1S/C11H14N2OS.ClH/c14-11(9-1-4-12-9)13-5-2-10-8(7-13)3-6-15-10;/h3,6,9,12H,1-2,4-5,7H2;1H/t9-;/m1./s1. The lowest BCUT2D eigenvalue weighted by Gasteiger charge is -2.34. The summed E-state index contributed by atoms with van der Waals surface area (Å²) in [6.45, 7) is 2.70. The SMILES string of the molecule is Cl.O=C([C@H]1CCN1)N1CCc2sccc2C1. The van der Waals surface area contributed by atoms with E-state index in [0.717, 1.165) is 32.5 Å². The van der Waals surface area contributed by atoms with Crippen molar-refractivity contribution < 1.29 is 4.79 Å². The maximum atomic E-state index is 12.0. The fourth-order valence-corrected chi connectivity index (χ4v) is 3.05. The molecular weight excluding hydrogens is 244 g/mol. The zero-order valence-corrected chi connectivity index (χ0v) is 10.6. The van der Waals surface area contributed by atoms with Crippen LogP contribution in [-0.4, -0.2) is 29.9 Å². The third-order valence-electron chi connectivity index (χ3n) is 3.24. The average molecular weight is 259 g/mol. The molecule has 0 unspecified atom stereocenters. The van der Waals surface area contributed by atoms with Crippen LogP contribution in [0, 0.1) is 0 Å². The van der Waals surface area contributed by atoms with E-state index in [4.69, 9.17) is 0 Å². The van der Waals surface area contributed by atoms with Crippen LogP contribution in [0.15, 0.2) is 11.4 Å². The van der Waals surface area contributed by atoms with Gasteiger partial charge < -0.3 is 10.2 Å². The summed E-state index contributed by atoms with van der Waals surface area (Å²) >= 11 is 1.81. The van der Waals surface area contributed by atoms with Crippen LogP contribution in [0.1, 0.15) is 16.9 Å². The van der Waals surface area contributed by atoms with E-state index in [0.29, 0.717) is 0 Å². The van der Waals surface area contributed by atoms with E-state index in [1.54, 1.807) is 0 Å². The van der Waals surface area contributed by atoms with E-state index >= 15 is 0 Å². The van der Waals surface area contributed by atoms with Crippen molar-refractivity contribution in [3.05, 3.63) is 21.9 Å². The molecule has 16 heavy (non-hydrogen) atoms. The third-order valence-corrected chi connectivity index (χ3v) is 4.26. The summed E-state index contributed by atoms with van der Waals surface area (Å²) in [7, 11) is 0. The van der Waals surface area contributed by atoms with Crippen molar-refractivity contribution in [3.8, 4) is 0 Å². The van der Waals surface area contributed by atoms with Crippen molar-refractivity contribution in [2.45, 2.75) is 25.4 Å². The molecule has 1 saturated heterocycles. The third kappa shape index (κ3) is 1.97. The molecular formula is C11H15ClN2OS. The fraction of sp³-hybridized carbons (Fsp3) is 0.545. The molecule has 3 heterocycles. The summed E-state index contributed by atoms with van der Waals surface area (Å²) in [6.07, 6.45) is 2.04. The molecule has 0 aromatic carbocycles. The van der Waals surface area contributed by atoms with Crippen molar-refractivity contribution in [2.75, 3.05) is 13.1 Å². The van der Waals surface area contributed by atoms with Crippen molar-refractivity contribution in [2.24, 2.45) is 0 Å². The van der Waals surface area contributed by atoms with E-state index in [1.807, 2.05) is 16.2 Å². The first kappa shape index (κ1) is 11.9. The topological polar surface area (TPSA) is 32.3 Å². The Bertz CT molecular complexity index is 389. The molecule has 0 radical (unpaired) electrons. The maximum absolute atomic E-state index is 12.0. The maximum Gasteiger partial charge on any atom is 0.240 e. The number of thiophene rings is 1. The van der Waals surface area contributed by atoms with Gasteiger partial charge in [-0.1, -0.05) is 0 Å². The quantitative estimate of drug-likeness (QED) is 0.826. The number of hydrogen-bond donors (Lipinski definition) is 1. The monoisotopic (exact) mass is 258 g/mol. The number of nitrogens with zero attached hydrogens (tertiary/aromatic N) is 1. The van der Waals surface area contributed by atoms with Gasteiger partial charge in [-0.3, -0.25) is 4.79 Å². The molecule has 1 amide bonds. The predicted molar refractivity (Wildman–Crippen MR) is 67.1 cm³/mol. The lowest BCUT2D eigenvalue weighted by molar-refractivity contribution is -0.136. The smallest absolute Gasteiger partial charge is 0.240 e. The van der Waals surface area contributed by atoms with Crippen LogP contribution in [0.25, 0.3) is 0 Å². The Morgan fingerprint density at radius 2 is 2.38 bits per heavy atom. The van der Waals surface area contributed by atoms with Gasteiger partial charge in [0, 0.05) is 18.0 Å². The van der Waals surface area contributed by atoms with Gasteiger partial charge in [0.1, 0.15) is 0 Å². The molecule has 3 nitrogen and oxygen atoms in total. The Labute approximate surface area is 105 Å². The zero-order valence-electron chi connectivity index (χ0n) is 8.94. The minimum Gasteiger partial charge on any atom is -0.337 e. The molecule has 0 spiro atoms. The molecule has 2 aliphatic rings. The van der Waals surface area contributed by atoms with Crippen LogP contribution in [0.5, 0.6) is 0 Å². The Hall–Kier alpha value is -0.580. The van der Waals surface area contributed by atoms with E-state index < -0.39 is 0 Å². The lowest BCUT2D eigenvalue weighted by atomic mass is 10.0. The first-order valence-electron chi connectivity index (χ1n) is 5.42. The Kier molecular flexibility index (Phi) is 3.52. The van der Waals surface area contributed by atoms with Gasteiger partial charge in [0.2, 0.25) is 5.91 Å². The predicted octanol–water partition coefficient (Wildman–Crippen LogP) is 1.42. The second-order valence-corrected chi connectivity index (χ2v) is 5.17. The van der Waals surface area contributed by atoms with Crippen LogP contribution in [-0.2, 0) is 17.8 Å². The van der Waals surface area contributed by atoms with Crippen LogP contribution in [0.3, 0.4) is 0 Å². The highest BCUT2D eigenvalue weighted by atomic mass is 35.5. The minimum absolute atomic E-state index is 0. The van der Waals surface area contributed by atoms with Gasteiger partial charge in [0.15, 0.2) is 0 Å². The molecule has 1 N–H and O–H groups in total. The van der Waals surface area contributed by atoms with Crippen molar-refractivity contribution in [3.63, 3.8) is 0 Å². The lowest BCUT2D eigenvalue weighted by Crippen LogP contribution is -2.55. The largest absolute Gasteiger partial charge is 0.337 e. The summed E-state index contributed by atoms with van der Waals surface area (Å²) in [6, 6.07) is 2.25. The van der Waals surface area contributed by atoms with Crippen molar-refractivity contribution in [1.29, 1.82) is 0 Å². The number of fused-ring (bicyclic) bond motifs is 1. The summed E-state index contributed by atoms with van der Waals surface area (Å²) in [5.74, 6) is 0.290. The summed E-state index contributed by atoms with van der Waals surface area (Å²) in [5, 5.41) is 5.30. The Morgan fingerprint density at radius 1 is 1.56 bits per heavy atom. The second kappa shape index (κ2) is 4.73. The highest BCUT2D eigenvalue weighted by Gasteiger charge is 2.30. The molecule has 5 heteroatoms. The highest BCUT2D eigenvalue weighted by Crippen LogP contribution is 2.24. The molecule has 88 valence electrons. The molecule has 1 aromatic rings. The number of halogens is 1. The number of amides is 1. The van der Waals surface area contributed by atoms with E-state index in [1.165, 1.54) is 10.4 Å². The fourth-order valence-electron chi connectivity index (χ4n) is 2.16. The van der Waals surface area contributed by atoms with Crippen LogP contribution in [0.4, 0.5) is 0 Å². The molecule has 1 aromatic heterocycles. The first-order chi connectivity index (χ1) is 7.34. The van der Waals surface area contributed by atoms with Gasteiger partial charge >= 0.3 is 0 Å². The van der Waals surface area contributed by atoms with E-state index in [-0.39, 0.29) is 24.4 Å². The number of carbonyl (C=O) groups excluding carboxylic acids is 1.